The molecule has 1 N–H and O–H groups in total. The Morgan fingerprint density at radius 2 is 2.00 bits per heavy atom. The van der Waals surface area contributed by atoms with E-state index >= 15 is 0 Å². The molecular formula is C13H16N2O3. The van der Waals surface area contributed by atoms with E-state index in [4.69, 9.17) is 4.74 Å². The highest BCUT2D eigenvalue weighted by molar-refractivity contribution is 6.05. The van der Waals surface area contributed by atoms with E-state index in [1.807, 2.05) is 24.3 Å². The van der Waals surface area contributed by atoms with Gasteiger partial charge < -0.3 is 10.1 Å². The number of rotatable bonds is 4. The number of carbonyl (C=O) groups excluding carboxylic acids is 2. The lowest BCUT2D eigenvalue weighted by atomic mass is 10.2. The average Bonchev–Trinajstić information content (AvgIpc) is 2.64. The molecule has 1 aliphatic heterocycles. The molecule has 1 aromatic rings. The second-order valence-electron chi connectivity index (χ2n) is 4.28. The van der Waals surface area contributed by atoms with Crippen LogP contribution in [-0.4, -0.2) is 36.9 Å². The minimum Gasteiger partial charge on any atom is -0.497 e. The summed E-state index contributed by atoms with van der Waals surface area (Å²) in [5.41, 5.74) is 1.05. The molecule has 0 aliphatic carbocycles. The van der Waals surface area contributed by atoms with E-state index in [0.29, 0.717) is 6.54 Å². The van der Waals surface area contributed by atoms with E-state index in [9.17, 15) is 9.59 Å². The molecule has 2 amide bonds. The van der Waals surface area contributed by atoms with Gasteiger partial charge in [0.25, 0.3) is 0 Å². The number of nitrogens with one attached hydrogen (secondary N) is 1. The summed E-state index contributed by atoms with van der Waals surface area (Å²) in [6.45, 7) is 0.557. The zero-order chi connectivity index (χ0) is 13.1. The Labute approximate surface area is 106 Å². The lowest BCUT2D eigenvalue weighted by Crippen LogP contribution is -2.36. The van der Waals surface area contributed by atoms with E-state index in [1.165, 1.54) is 11.9 Å². The fraction of sp³-hybridized carbons (Fsp3) is 0.385. The van der Waals surface area contributed by atoms with Gasteiger partial charge in [-0.1, -0.05) is 12.1 Å². The molecule has 5 nitrogen and oxygen atoms in total. The number of hydrogen-bond donors (Lipinski definition) is 1. The van der Waals surface area contributed by atoms with E-state index in [2.05, 4.69) is 5.32 Å². The van der Waals surface area contributed by atoms with E-state index in [1.54, 1.807) is 7.11 Å². The van der Waals surface area contributed by atoms with Crippen LogP contribution in [0.25, 0.3) is 0 Å². The third-order valence-electron chi connectivity index (χ3n) is 3.09. The molecule has 1 aliphatic rings. The highest BCUT2D eigenvalue weighted by Crippen LogP contribution is 2.13. The second kappa shape index (κ2) is 5.18. The van der Waals surface area contributed by atoms with Gasteiger partial charge in [0.05, 0.1) is 19.6 Å². The quantitative estimate of drug-likeness (QED) is 0.790. The lowest BCUT2D eigenvalue weighted by Gasteiger charge is -2.11. The maximum atomic E-state index is 11.7. The van der Waals surface area contributed by atoms with Gasteiger partial charge in [-0.15, -0.1) is 0 Å². The number of benzene rings is 1. The molecule has 0 radical (unpaired) electrons. The Morgan fingerprint density at radius 1 is 1.33 bits per heavy atom. The monoisotopic (exact) mass is 248 g/mol. The highest BCUT2D eigenvalue weighted by Gasteiger charge is 2.35. The molecule has 18 heavy (non-hydrogen) atoms. The van der Waals surface area contributed by atoms with Crippen LogP contribution in [0.2, 0.25) is 0 Å². The minimum atomic E-state index is -0.399. The predicted octanol–water partition coefficient (Wildman–Crippen LogP) is 0.542. The Bertz CT molecular complexity index is 456. The molecule has 1 aromatic carbocycles. The Balaban J connectivity index is 1.91. The first-order valence-corrected chi connectivity index (χ1v) is 5.78. The topological polar surface area (TPSA) is 58.6 Å². The summed E-state index contributed by atoms with van der Waals surface area (Å²) in [7, 11) is 3.13. The molecule has 0 unspecified atom stereocenters. The van der Waals surface area contributed by atoms with Crippen LogP contribution in [0.1, 0.15) is 12.0 Å². The number of hydrogen-bond acceptors (Lipinski definition) is 4. The molecule has 1 atom stereocenters. The van der Waals surface area contributed by atoms with Crippen LogP contribution in [0.15, 0.2) is 24.3 Å². The third kappa shape index (κ3) is 2.51. The Kier molecular flexibility index (Phi) is 3.62. The highest BCUT2D eigenvalue weighted by atomic mass is 16.5. The molecule has 0 bridgehead atoms. The first-order chi connectivity index (χ1) is 8.61. The van der Waals surface area contributed by atoms with Crippen LogP contribution in [0, 0.1) is 0 Å². The van der Waals surface area contributed by atoms with Gasteiger partial charge in [-0.3, -0.25) is 14.5 Å². The summed E-state index contributed by atoms with van der Waals surface area (Å²) in [6, 6.07) is 7.19. The fourth-order valence-corrected chi connectivity index (χ4v) is 1.90. The molecule has 2 rings (SSSR count). The number of likely N-dealkylation sites (tertiary alicyclic amines) is 1. The molecule has 5 heteroatoms. The zero-order valence-electron chi connectivity index (χ0n) is 10.5. The van der Waals surface area contributed by atoms with Gasteiger partial charge in [-0.2, -0.15) is 0 Å². The van der Waals surface area contributed by atoms with Gasteiger partial charge in [0.2, 0.25) is 11.8 Å². The zero-order valence-corrected chi connectivity index (χ0v) is 10.5. The summed E-state index contributed by atoms with van der Waals surface area (Å²) in [4.78, 5) is 24.2. The van der Waals surface area contributed by atoms with Crippen molar-refractivity contribution in [1.82, 2.24) is 10.2 Å². The van der Waals surface area contributed by atoms with Crippen molar-refractivity contribution in [3.8, 4) is 5.75 Å². The van der Waals surface area contributed by atoms with E-state index in [0.717, 1.165) is 11.3 Å². The Morgan fingerprint density at radius 3 is 2.50 bits per heavy atom. The molecule has 0 aromatic heterocycles. The molecule has 1 heterocycles. The van der Waals surface area contributed by atoms with Crippen molar-refractivity contribution >= 4 is 11.8 Å². The number of methoxy groups -OCH3 is 1. The van der Waals surface area contributed by atoms with Gasteiger partial charge in [0, 0.05) is 13.6 Å². The fourth-order valence-electron chi connectivity index (χ4n) is 1.90. The first kappa shape index (κ1) is 12.6. The lowest BCUT2D eigenvalue weighted by molar-refractivity contribution is -0.137. The summed E-state index contributed by atoms with van der Waals surface area (Å²) < 4.78 is 5.07. The normalized spacial score (nSPS) is 19.4. The minimum absolute atomic E-state index is 0.132. The van der Waals surface area contributed by atoms with Gasteiger partial charge >= 0.3 is 0 Å². The molecule has 0 spiro atoms. The van der Waals surface area contributed by atoms with E-state index < -0.39 is 6.04 Å². The molecule has 1 fully saturated rings. The molecule has 0 saturated carbocycles. The van der Waals surface area contributed by atoms with Crippen molar-refractivity contribution in [1.29, 1.82) is 0 Å². The summed E-state index contributed by atoms with van der Waals surface area (Å²) >= 11 is 0. The van der Waals surface area contributed by atoms with Crippen molar-refractivity contribution in [2.45, 2.75) is 19.0 Å². The van der Waals surface area contributed by atoms with Crippen molar-refractivity contribution < 1.29 is 14.3 Å². The van der Waals surface area contributed by atoms with Crippen molar-refractivity contribution in [2.24, 2.45) is 0 Å². The predicted molar refractivity (Wildman–Crippen MR) is 66.0 cm³/mol. The number of ether oxygens (including phenoxy) is 1. The van der Waals surface area contributed by atoms with Gasteiger partial charge in [-0.25, -0.2) is 0 Å². The number of imide groups is 1. The molecule has 1 saturated heterocycles. The maximum absolute atomic E-state index is 11.7. The second-order valence-corrected chi connectivity index (χ2v) is 4.28. The van der Waals surface area contributed by atoms with Gasteiger partial charge in [0.1, 0.15) is 5.75 Å². The molecular weight excluding hydrogens is 232 g/mol. The number of nitrogens with zero attached hydrogens (tertiary/aromatic N) is 1. The SMILES string of the molecule is COc1ccc(CN[C@@H]2CC(=O)N(C)C2=O)cc1. The largest absolute Gasteiger partial charge is 0.497 e. The van der Waals surface area contributed by atoms with Crippen LogP contribution in [-0.2, 0) is 16.1 Å². The third-order valence-corrected chi connectivity index (χ3v) is 3.09. The number of carbonyl (C=O) groups is 2. The maximum Gasteiger partial charge on any atom is 0.246 e. The van der Waals surface area contributed by atoms with Crippen LogP contribution in [0.4, 0.5) is 0 Å². The van der Waals surface area contributed by atoms with E-state index in [-0.39, 0.29) is 18.2 Å². The van der Waals surface area contributed by atoms with Crippen LogP contribution in [0.5, 0.6) is 5.75 Å². The van der Waals surface area contributed by atoms with Gasteiger partial charge in [0.15, 0.2) is 0 Å². The summed E-state index contributed by atoms with van der Waals surface area (Å²) in [5, 5.41) is 3.09. The number of amides is 2. The van der Waals surface area contributed by atoms with Crippen molar-refractivity contribution in [3.63, 3.8) is 0 Å². The first-order valence-electron chi connectivity index (χ1n) is 5.78. The van der Waals surface area contributed by atoms with Crippen LogP contribution >= 0.6 is 0 Å². The smallest absolute Gasteiger partial charge is 0.246 e. The van der Waals surface area contributed by atoms with Crippen molar-refractivity contribution in [3.05, 3.63) is 29.8 Å². The van der Waals surface area contributed by atoms with Crippen LogP contribution in [0.3, 0.4) is 0 Å². The number of likely N-dealkylation sites (N-methyl/N-ethyl adjacent to an activating group) is 1. The standard InChI is InChI=1S/C13H16N2O3/c1-15-12(16)7-11(13(15)17)14-8-9-3-5-10(18-2)6-4-9/h3-6,11,14H,7-8H2,1-2H3/t11-/m1/s1. The summed E-state index contributed by atoms with van der Waals surface area (Å²) in [6.07, 6.45) is 0.242. The Hall–Kier alpha value is -1.88. The van der Waals surface area contributed by atoms with Gasteiger partial charge in [-0.05, 0) is 17.7 Å². The van der Waals surface area contributed by atoms with Crippen LogP contribution < -0.4 is 10.1 Å². The average molecular weight is 248 g/mol. The molecule has 96 valence electrons. The summed E-state index contributed by atoms with van der Waals surface area (Å²) in [5.74, 6) is 0.506. The van der Waals surface area contributed by atoms with Crippen molar-refractivity contribution in [2.75, 3.05) is 14.2 Å².